The average Bonchev–Trinajstić information content (AvgIpc) is 2.47. The third-order valence-corrected chi connectivity index (χ3v) is 1.80. The molecule has 0 saturated heterocycles. The van der Waals surface area contributed by atoms with E-state index in [-0.39, 0.29) is 17.2 Å². The summed E-state index contributed by atoms with van der Waals surface area (Å²) in [4.78, 5) is 25.4. The van der Waals surface area contributed by atoms with Crippen molar-refractivity contribution in [1.82, 2.24) is 10.3 Å². The zero-order chi connectivity index (χ0) is 11.6. The van der Waals surface area contributed by atoms with E-state index >= 15 is 0 Å². The van der Waals surface area contributed by atoms with Gasteiger partial charge in [0.15, 0.2) is 5.78 Å². The van der Waals surface area contributed by atoms with Crippen molar-refractivity contribution >= 4 is 11.7 Å². The van der Waals surface area contributed by atoms with Crippen molar-refractivity contribution in [3.8, 4) is 0 Å². The molecule has 0 aliphatic carbocycles. The van der Waals surface area contributed by atoms with Gasteiger partial charge in [0.05, 0.1) is 5.69 Å². The normalized spacial score (nSPS) is 11.2. The number of rotatable bonds is 2. The third-order valence-electron chi connectivity index (χ3n) is 1.80. The number of hydrogen-bond donors (Lipinski definition) is 2. The summed E-state index contributed by atoms with van der Waals surface area (Å²) in [6.07, 6.45) is 0. The van der Waals surface area contributed by atoms with E-state index in [1.165, 1.54) is 6.92 Å². The molecular formula is C11H16N2O2. The number of H-pyrrole nitrogens is 1. The van der Waals surface area contributed by atoms with Crippen LogP contribution in [0, 0.1) is 0 Å². The molecule has 0 fully saturated rings. The monoisotopic (exact) mass is 208 g/mol. The highest BCUT2D eigenvalue weighted by Crippen LogP contribution is 2.05. The summed E-state index contributed by atoms with van der Waals surface area (Å²) < 4.78 is 0. The van der Waals surface area contributed by atoms with E-state index in [0.717, 1.165) is 0 Å². The predicted molar refractivity (Wildman–Crippen MR) is 58.0 cm³/mol. The van der Waals surface area contributed by atoms with Crippen molar-refractivity contribution in [1.29, 1.82) is 0 Å². The smallest absolute Gasteiger partial charge is 0.268 e. The second-order valence-corrected chi connectivity index (χ2v) is 4.55. The lowest BCUT2D eigenvalue weighted by molar-refractivity contribution is 0.0915. The number of aromatic nitrogens is 1. The molecule has 1 amide bonds. The molecule has 4 nitrogen and oxygen atoms in total. The molecule has 0 unspecified atom stereocenters. The summed E-state index contributed by atoms with van der Waals surface area (Å²) in [6.45, 7) is 7.16. The lowest BCUT2D eigenvalue weighted by Crippen LogP contribution is -2.40. The Morgan fingerprint density at radius 2 is 1.73 bits per heavy atom. The van der Waals surface area contributed by atoms with Gasteiger partial charge in [-0.15, -0.1) is 0 Å². The van der Waals surface area contributed by atoms with Gasteiger partial charge in [-0.05, 0) is 32.9 Å². The molecule has 1 aromatic heterocycles. The van der Waals surface area contributed by atoms with Crippen LogP contribution in [-0.2, 0) is 0 Å². The van der Waals surface area contributed by atoms with Gasteiger partial charge in [0.2, 0.25) is 0 Å². The Morgan fingerprint density at radius 1 is 1.20 bits per heavy atom. The summed E-state index contributed by atoms with van der Waals surface area (Å²) in [5.41, 5.74) is 0.586. The van der Waals surface area contributed by atoms with Crippen LogP contribution < -0.4 is 5.32 Å². The minimum atomic E-state index is -0.279. The highest BCUT2D eigenvalue weighted by atomic mass is 16.2. The first kappa shape index (κ1) is 11.5. The summed E-state index contributed by atoms with van der Waals surface area (Å²) in [7, 11) is 0. The van der Waals surface area contributed by atoms with Gasteiger partial charge in [0, 0.05) is 12.5 Å². The molecule has 1 rings (SSSR count). The molecule has 1 heterocycles. The Morgan fingerprint density at radius 3 is 2.13 bits per heavy atom. The lowest BCUT2D eigenvalue weighted by atomic mass is 10.1. The Kier molecular flexibility index (Phi) is 2.98. The number of carbonyl (C=O) groups is 2. The third kappa shape index (κ3) is 3.23. The molecule has 0 aliphatic rings. The van der Waals surface area contributed by atoms with Crippen molar-refractivity contribution < 1.29 is 9.59 Å². The zero-order valence-electron chi connectivity index (χ0n) is 9.47. The van der Waals surface area contributed by atoms with Gasteiger partial charge in [0.25, 0.3) is 5.91 Å². The fourth-order valence-corrected chi connectivity index (χ4v) is 1.14. The van der Waals surface area contributed by atoms with E-state index in [0.29, 0.717) is 11.4 Å². The first-order valence-corrected chi connectivity index (χ1v) is 4.82. The fraction of sp³-hybridized carbons (Fsp3) is 0.455. The van der Waals surface area contributed by atoms with Crippen LogP contribution in [0.4, 0.5) is 0 Å². The van der Waals surface area contributed by atoms with Gasteiger partial charge in [-0.2, -0.15) is 0 Å². The number of Topliss-reactive ketones (excluding diaryl/α,β-unsaturated/α-hetero) is 1. The van der Waals surface area contributed by atoms with Gasteiger partial charge in [-0.25, -0.2) is 0 Å². The van der Waals surface area contributed by atoms with Crippen molar-refractivity contribution in [2.45, 2.75) is 33.2 Å². The minimum absolute atomic E-state index is 0.0789. The number of amides is 1. The van der Waals surface area contributed by atoms with Crippen LogP contribution in [0.25, 0.3) is 0 Å². The molecule has 0 atom stereocenters. The predicted octanol–water partition coefficient (Wildman–Crippen LogP) is 1.75. The number of aromatic amines is 1. The first-order chi connectivity index (χ1) is 6.79. The van der Waals surface area contributed by atoms with Crippen LogP contribution in [0.15, 0.2) is 12.1 Å². The van der Waals surface area contributed by atoms with Gasteiger partial charge in [-0.3, -0.25) is 9.59 Å². The average molecular weight is 208 g/mol. The highest BCUT2D eigenvalue weighted by Gasteiger charge is 2.16. The molecule has 0 aromatic carbocycles. The molecular weight excluding hydrogens is 192 g/mol. The summed E-state index contributed by atoms with van der Waals surface area (Å²) >= 11 is 0. The molecule has 0 spiro atoms. The standard InChI is InChI=1S/C11H16N2O2/c1-7(14)8-5-6-9(12-8)10(15)13-11(2,3)4/h5-6,12H,1-4H3,(H,13,15). The Labute approximate surface area is 89.1 Å². The molecule has 15 heavy (non-hydrogen) atoms. The molecule has 4 heteroatoms. The van der Waals surface area contributed by atoms with Crippen molar-refractivity contribution in [2.24, 2.45) is 0 Å². The molecule has 0 aliphatic heterocycles. The Balaban J connectivity index is 2.79. The van der Waals surface area contributed by atoms with Crippen molar-refractivity contribution in [3.63, 3.8) is 0 Å². The summed E-state index contributed by atoms with van der Waals surface area (Å²) in [5.74, 6) is -0.278. The quantitative estimate of drug-likeness (QED) is 0.727. The van der Waals surface area contributed by atoms with E-state index in [1.807, 2.05) is 20.8 Å². The van der Waals surface area contributed by atoms with Crippen LogP contribution >= 0.6 is 0 Å². The number of carbonyl (C=O) groups excluding carboxylic acids is 2. The highest BCUT2D eigenvalue weighted by molar-refractivity contribution is 5.97. The van der Waals surface area contributed by atoms with E-state index in [9.17, 15) is 9.59 Å². The minimum Gasteiger partial charge on any atom is -0.348 e. The second-order valence-electron chi connectivity index (χ2n) is 4.55. The molecule has 82 valence electrons. The van der Waals surface area contributed by atoms with E-state index in [4.69, 9.17) is 0 Å². The maximum atomic E-state index is 11.6. The number of ketones is 1. The summed E-state index contributed by atoms with van der Waals surface area (Å²) in [5, 5.41) is 2.81. The SMILES string of the molecule is CC(=O)c1ccc(C(=O)NC(C)(C)C)[nH]1. The van der Waals surface area contributed by atoms with Crippen molar-refractivity contribution in [3.05, 3.63) is 23.5 Å². The maximum Gasteiger partial charge on any atom is 0.268 e. The summed E-state index contributed by atoms with van der Waals surface area (Å²) in [6, 6.07) is 3.22. The molecule has 0 bridgehead atoms. The Hall–Kier alpha value is -1.58. The molecule has 1 aromatic rings. The van der Waals surface area contributed by atoms with Gasteiger partial charge in [0.1, 0.15) is 5.69 Å². The van der Waals surface area contributed by atoms with Gasteiger partial charge >= 0.3 is 0 Å². The Bertz CT molecular complexity index is 386. The van der Waals surface area contributed by atoms with Gasteiger partial charge in [-0.1, -0.05) is 0 Å². The van der Waals surface area contributed by atoms with Gasteiger partial charge < -0.3 is 10.3 Å². The molecule has 0 radical (unpaired) electrons. The van der Waals surface area contributed by atoms with Crippen molar-refractivity contribution in [2.75, 3.05) is 0 Å². The first-order valence-electron chi connectivity index (χ1n) is 4.82. The second kappa shape index (κ2) is 3.88. The largest absolute Gasteiger partial charge is 0.348 e. The van der Waals surface area contributed by atoms with Crippen LogP contribution in [0.1, 0.15) is 48.7 Å². The van der Waals surface area contributed by atoms with E-state index in [1.54, 1.807) is 12.1 Å². The van der Waals surface area contributed by atoms with Crippen LogP contribution in [0.5, 0.6) is 0 Å². The van der Waals surface area contributed by atoms with E-state index < -0.39 is 0 Å². The number of hydrogen-bond acceptors (Lipinski definition) is 2. The number of nitrogens with one attached hydrogen (secondary N) is 2. The fourth-order valence-electron chi connectivity index (χ4n) is 1.14. The topological polar surface area (TPSA) is 62.0 Å². The maximum absolute atomic E-state index is 11.6. The van der Waals surface area contributed by atoms with Crippen LogP contribution in [-0.4, -0.2) is 22.2 Å². The van der Waals surface area contributed by atoms with Crippen LogP contribution in [0.3, 0.4) is 0 Å². The molecule has 0 saturated carbocycles. The zero-order valence-corrected chi connectivity index (χ0v) is 9.47. The van der Waals surface area contributed by atoms with E-state index in [2.05, 4.69) is 10.3 Å². The lowest BCUT2D eigenvalue weighted by Gasteiger charge is -2.19. The molecule has 2 N–H and O–H groups in total. The van der Waals surface area contributed by atoms with Crippen LogP contribution in [0.2, 0.25) is 0 Å².